The van der Waals surface area contributed by atoms with Crippen molar-refractivity contribution in [3.63, 3.8) is 0 Å². The second kappa shape index (κ2) is 2.13. The van der Waals surface area contributed by atoms with E-state index in [0.29, 0.717) is 22.3 Å². The van der Waals surface area contributed by atoms with Crippen molar-refractivity contribution in [2.45, 2.75) is 53.5 Å². The topological polar surface area (TPSA) is 26.0 Å². The lowest BCUT2D eigenvalue weighted by Crippen LogP contribution is -2.18. The van der Waals surface area contributed by atoms with Gasteiger partial charge < -0.3 is 5.73 Å². The highest BCUT2D eigenvalue weighted by Crippen LogP contribution is 2.78. The molecule has 0 aromatic rings. The van der Waals surface area contributed by atoms with E-state index in [4.69, 9.17) is 5.73 Å². The Hall–Kier alpha value is -0.0400. The molecule has 2 aliphatic carbocycles. The van der Waals surface area contributed by atoms with Gasteiger partial charge in [0, 0.05) is 6.04 Å². The molecule has 0 radical (unpaired) electrons. The quantitative estimate of drug-likeness (QED) is 0.696. The molecule has 13 heavy (non-hydrogen) atoms. The largest absolute Gasteiger partial charge is 0.327 e. The molecular weight excluding hydrogens is 158 g/mol. The van der Waals surface area contributed by atoms with E-state index >= 15 is 0 Å². The molecule has 0 bridgehead atoms. The number of hydrogen-bond acceptors (Lipinski definition) is 1. The number of hydrogen-bond donors (Lipinski definition) is 1. The monoisotopic (exact) mass is 181 g/mol. The molecule has 3 unspecified atom stereocenters. The third-order valence-corrected chi connectivity index (χ3v) is 5.17. The van der Waals surface area contributed by atoms with E-state index in [1.807, 2.05) is 0 Å². The van der Waals surface area contributed by atoms with Crippen LogP contribution in [0.1, 0.15) is 47.5 Å². The van der Waals surface area contributed by atoms with Crippen LogP contribution in [0.15, 0.2) is 0 Å². The van der Waals surface area contributed by atoms with E-state index in [1.54, 1.807) is 0 Å². The Morgan fingerprint density at radius 1 is 1.23 bits per heavy atom. The van der Waals surface area contributed by atoms with Crippen molar-refractivity contribution in [1.29, 1.82) is 0 Å². The first-order chi connectivity index (χ1) is 5.80. The van der Waals surface area contributed by atoms with Crippen LogP contribution in [0.5, 0.6) is 0 Å². The van der Waals surface area contributed by atoms with Crippen molar-refractivity contribution in [1.82, 2.24) is 0 Å². The molecule has 2 N–H and O–H groups in total. The molecule has 2 rings (SSSR count). The fourth-order valence-corrected chi connectivity index (χ4v) is 3.86. The second-order valence-corrected chi connectivity index (χ2v) is 6.34. The zero-order chi connectivity index (χ0) is 10.1. The van der Waals surface area contributed by atoms with Gasteiger partial charge in [-0.05, 0) is 35.0 Å². The highest BCUT2D eigenvalue weighted by atomic mass is 14.9. The van der Waals surface area contributed by atoms with E-state index in [2.05, 4.69) is 34.6 Å². The van der Waals surface area contributed by atoms with E-state index in [9.17, 15) is 0 Å². The van der Waals surface area contributed by atoms with Gasteiger partial charge in [-0.1, -0.05) is 34.6 Å². The zero-order valence-corrected chi connectivity index (χ0v) is 9.65. The molecule has 2 fully saturated rings. The minimum atomic E-state index is 0.389. The molecule has 76 valence electrons. The summed E-state index contributed by atoms with van der Waals surface area (Å²) in [6.07, 6.45) is 2.65. The summed E-state index contributed by atoms with van der Waals surface area (Å²) in [5.41, 5.74) is 7.68. The highest BCUT2D eigenvalue weighted by Gasteiger charge is 2.77. The number of nitrogens with two attached hydrogens (primary N) is 1. The molecule has 0 spiro atoms. The molecule has 1 nitrogen and oxygen atoms in total. The van der Waals surface area contributed by atoms with Crippen molar-refractivity contribution in [2.24, 2.45) is 27.9 Å². The lowest BCUT2D eigenvalue weighted by Gasteiger charge is -2.20. The van der Waals surface area contributed by atoms with E-state index in [-0.39, 0.29) is 0 Å². The normalized spacial score (nSPS) is 50.3. The summed E-state index contributed by atoms with van der Waals surface area (Å²) in [6.45, 7) is 11.8. The smallest absolute Gasteiger partial charge is 0.0162 e. The molecule has 2 aliphatic rings. The predicted octanol–water partition coefficient (Wildman–Crippen LogP) is 2.80. The first-order valence-electron chi connectivity index (χ1n) is 5.56. The minimum Gasteiger partial charge on any atom is -0.327 e. The molecule has 0 heterocycles. The molecule has 1 heteroatoms. The highest BCUT2D eigenvalue weighted by molar-refractivity contribution is 5.28. The van der Waals surface area contributed by atoms with Crippen LogP contribution in [0.2, 0.25) is 0 Å². The van der Waals surface area contributed by atoms with Gasteiger partial charge in [-0.3, -0.25) is 0 Å². The summed E-state index contributed by atoms with van der Waals surface area (Å²) < 4.78 is 0. The molecule has 0 aromatic heterocycles. The van der Waals surface area contributed by atoms with Gasteiger partial charge in [0.15, 0.2) is 0 Å². The standard InChI is InChI=1S/C12H23N/c1-6-12(8-7-10(8,2)3)9(13)11(12,4)5/h8-9H,6-7,13H2,1-5H3. The van der Waals surface area contributed by atoms with Crippen LogP contribution in [0.3, 0.4) is 0 Å². The molecule has 3 atom stereocenters. The predicted molar refractivity (Wildman–Crippen MR) is 56.4 cm³/mol. The van der Waals surface area contributed by atoms with E-state index in [0.717, 1.165) is 5.92 Å². The van der Waals surface area contributed by atoms with Gasteiger partial charge in [-0.2, -0.15) is 0 Å². The van der Waals surface area contributed by atoms with Crippen molar-refractivity contribution in [3.05, 3.63) is 0 Å². The van der Waals surface area contributed by atoms with Gasteiger partial charge >= 0.3 is 0 Å². The fraction of sp³-hybridized carbons (Fsp3) is 1.00. The van der Waals surface area contributed by atoms with Gasteiger partial charge in [-0.15, -0.1) is 0 Å². The molecule has 0 aliphatic heterocycles. The summed E-state index contributed by atoms with van der Waals surface area (Å²) in [7, 11) is 0. The van der Waals surface area contributed by atoms with Gasteiger partial charge in [0.2, 0.25) is 0 Å². The molecule has 2 saturated carbocycles. The average molecular weight is 181 g/mol. The van der Waals surface area contributed by atoms with E-state index in [1.165, 1.54) is 12.8 Å². The fourth-order valence-electron chi connectivity index (χ4n) is 3.86. The van der Waals surface area contributed by atoms with Crippen LogP contribution < -0.4 is 5.73 Å². The Morgan fingerprint density at radius 2 is 1.62 bits per heavy atom. The Balaban J connectivity index is 2.22. The number of rotatable bonds is 2. The Morgan fingerprint density at radius 3 is 1.69 bits per heavy atom. The van der Waals surface area contributed by atoms with Crippen LogP contribution in [0, 0.1) is 22.2 Å². The molecular formula is C12H23N. The Labute approximate surface area is 82.1 Å². The average Bonchev–Trinajstić information content (AvgIpc) is 2.74. The Bertz CT molecular complexity index is 242. The van der Waals surface area contributed by atoms with Gasteiger partial charge in [-0.25, -0.2) is 0 Å². The third-order valence-electron chi connectivity index (χ3n) is 5.17. The first-order valence-corrected chi connectivity index (χ1v) is 5.56. The zero-order valence-electron chi connectivity index (χ0n) is 9.65. The van der Waals surface area contributed by atoms with Crippen LogP contribution in [0.4, 0.5) is 0 Å². The first kappa shape index (κ1) is 9.51. The molecule has 0 aromatic carbocycles. The van der Waals surface area contributed by atoms with Crippen molar-refractivity contribution >= 4 is 0 Å². The van der Waals surface area contributed by atoms with E-state index < -0.39 is 0 Å². The van der Waals surface area contributed by atoms with Crippen LogP contribution in [0.25, 0.3) is 0 Å². The van der Waals surface area contributed by atoms with Gasteiger partial charge in [0.25, 0.3) is 0 Å². The lowest BCUT2D eigenvalue weighted by molar-refractivity contribution is 0.282. The minimum absolute atomic E-state index is 0.389. The van der Waals surface area contributed by atoms with Crippen LogP contribution >= 0.6 is 0 Å². The summed E-state index contributed by atoms with van der Waals surface area (Å²) in [6, 6.07) is 0.441. The summed E-state index contributed by atoms with van der Waals surface area (Å²) in [5.74, 6) is 0.884. The summed E-state index contributed by atoms with van der Waals surface area (Å²) >= 11 is 0. The maximum Gasteiger partial charge on any atom is 0.0162 e. The lowest BCUT2D eigenvalue weighted by atomic mass is 9.84. The van der Waals surface area contributed by atoms with Crippen molar-refractivity contribution in [3.8, 4) is 0 Å². The maximum absolute atomic E-state index is 6.25. The SMILES string of the molecule is CCC1(C2CC2(C)C)C(N)C1(C)C. The summed E-state index contributed by atoms with van der Waals surface area (Å²) in [4.78, 5) is 0. The maximum atomic E-state index is 6.25. The second-order valence-electron chi connectivity index (χ2n) is 6.34. The van der Waals surface area contributed by atoms with Crippen LogP contribution in [-0.4, -0.2) is 6.04 Å². The third kappa shape index (κ3) is 0.869. The van der Waals surface area contributed by atoms with Crippen molar-refractivity contribution < 1.29 is 0 Å². The molecule has 0 saturated heterocycles. The van der Waals surface area contributed by atoms with Gasteiger partial charge in [0.05, 0.1) is 0 Å². The van der Waals surface area contributed by atoms with Crippen molar-refractivity contribution in [2.75, 3.05) is 0 Å². The summed E-state index contributed by atoms with van der Waals surface area (Å²) in [5, 5.41) is 0. The van der Waals surface area contributed by atoms with Gasteiger partial charge in [0.1, 0.15) is 0 Å². The van der Waals surface area contributed by atoms with Crippen LogP contribution in [-0.2, 0) is 0 Å². The molecule has 0 amide bonds. The Kier molecular flexibility index (Phi) is 1.56.